The zero-order valence-corrected chi connectivity index (χ0v) is 13.6. The van der Waals surface area contributed by atoms with E-state index in [-0.39, 0.29) is 18.1 Å². The van der Waals surface area contributed by atoms with Crippen LogP contribution in [-0.2, 0) is 0 Å². The molecule has 0 aliphatic heterocycles. The molecule has 3 aromatic rings. The molecule has 24 heavy (non-hydrogen) atoms. The molecule has 5 nitrogen and oxygen atoms in total. The van der Waals surface area contributed by atoms with Crippen LogP contribution in [0.2, 0.25) is 5.02 Å². The van der Waals surface area contributed by atoms with Crippen LogP contribution >= 0.6 is 11.6 Å². The fourth-order valence-corrected chi connectivity index (χ4v) is 2.83. The zero-order chi connectivity index (χ0) is 17.3. The Hall–Kier alpha value is -2.79. The summed E-state index contributed by atoms with van der Waals surface area (Å²) in [4.78, 5) is 24.1. The van der Waals surface area contributed by atoms with Crippen LogP contribution in [0.4, 0.5) is 0 Å². The number of carbonyl (C=O) groups excluding carboxylic acids is 1. The molecule has 0 aliphatic carbocycles. The van der Waals surface area contributed by atoms with Gasteiger partial charge in [-0.25, -0.2) is 4.79 Å². The van der Waals surface area contributed by atoms with E-state index in [0.29, 0.717) is 27.4 Å². The minimum absolute atomic E-state index is 0.130. The average Bonchev–Trinajstić information content (AvgIpc) is 2.86. The number of ether oxygens (including phenoxy) is 1. The number of carboxylic acids is 1. The van der Waals surface area contributed by atoms with Gasteiger partial charge in [0.2, 0.25) is 0 Å². The molecule has 0 atom stereocenters. The van der Waals surface area contributed by atoms with Crippen molar-refractivity contribution in [1.29, 1.82) is 0 Å². The van der Waals surface area contributed by atoms with E-state index in [9.17, 15) is 14.7 Å². The highest BCUT2D eigenvalue weighted by Crippen LogP contribution is 2.26. The van der Waals surface area contributed by atoms with Crippen LogP contribution in [0.15, 0.2) is 48.5 Å². The fraction of sp³-hybridized carbons (Fsp3) is 0.111. The molecular weight excluding hydrogens is 330 g/mol. The molecule has 1 aromatic heterocycles. The van der Waals surface area contributed by atoms with E-state index in [0.717, 1.165) is 0 Å². The zero-order valence-electron chi connectivity index (χ0n) is 12.8. The molecule has 3 rings (SSSR count). The van der Waals surface area contributed by atoms with Gasteiger partial charge in [0.25, 0.3) is 5.91 Å². The summed E-state index contributed by atoms with van der Waals surface area (Å²) >= 11 is 5.81. The average molecular weight is 344 g/mol. The van der Waals surface area contributed by atoms with Crippen molar-refractivity contribution in [3.63, 3.8) is 0 Å². The first-order valence-corrected chi connectivity index (χ1v) is 7.61. The highest BCUT2D eigenvalue weighted by molar-refractivity contribution is 6.30. The SMILES string of the molecule is Cc1c(C(=O)O)c2ccccc2n1C(=O)COc1ccc(Cl)cc1. The molecule has 0 aliphatic rings. The van der Waals surface area contributed by atoms with E-state index in [2.05, 4.69) is 0 Å². The normalized spacial score (nSPS) is 10.8. The number of aromatic carboxylic acids is 1. The van der Waals surface area contributed by atoms with Gasteiger partial charge >= 0.3 is 5.97 Å². The molecule has 6 heteroatoms. The van der Waals surface area contributed by atoms with Crippen LogP contribution in [0, 0.1) is 6.92 Å². The molecule has 0 spiro atoms. The number of aromatic nitrogens is 1. The first-order valence-electron chi connectivity index (χ1n) is 7.24. The summed E-state index contributed by atoms with van der Waals surface area (Å²) in [6.45, 7) is 1.41. The number of hydrogen-bond acceptors (Lipinski definition) is 3. The van der Waals surface area contributed by atoms with Gasteiger partial charge in [0.1, 0.15) is 5.75 Å². The Morgan fingerprint density at radius 1 is 1.12 bits per heavy atom. The lowest BCUT2D eigenvalue weighted by Gasteiger charge is -2.09. The Balaban J connectivity index is 1.94. The molecule has 0 radical (unpaired) electrons. The Morgan fingerprint density at radius 2 is 1.79 bits per heavy atom. The van der Waals surface area contributed by atoms with Crippen LogP contribution < -0.4 is 4.74 Å². The van der Waals surface area contributed by atoms with Crippen molar-refractivity contribution in [2.75, 3.05) is 6.61 Å². The van der Waals surface area contributed by atoms with Gasteiger partial charge in [0.05, 0.1) is 11.1 Å². The number of fused-ring (bicyclic) bond motifs is 1. The molecule has 0 unspecified atom stereocenters. The standard InChI is InChI=1S/C18H14ClNO4/c1-11-17(18(22)23)14-4-2-3-5-15(14)20(11)16(21)10-24-13-8-6-12(19)7-9-13/h2-9H,10H2,1H3,(H,22,23). The lowest BCUT2D eigenvalue weighted by molar-refractivity contribution is 0.0698. The molecular formula is C18H14ClNO4. The predicted octanol–water partition coefficient (Wildman–Crippen LogP) is 4.02. The summed E-state index contributed by atoms with van der Waals surface area (Å²) in [7, 11) is 0. The summed E-state index contributed by atoms with van der Waals surface area (Å²) in [6.07, 6.45) is 0. The topological polar surface area (TPSA) is 68.5 Å². The minimum Gasteiger partial charge on any atom is -0.484 e. The molecule has 2 aromatic carbocycles. The maximum Gasteiger partial charge on any atom is 0.338 e. The number of benzene rings is 2. The third kappa shape index (κ3) is 2.86. The van der Waals surface area contributed by atoms with Gasteiger partial charge in [0.15, 0.2) is 6.61 Å². The first-order chi connectivity index (χ1) is 11.5. The summed E-state index contributed by atoms with van der Waals surface area (Å²) in [5.41, 5.74) is 1.07. The number of nitrogens with zero attached hydrogens (tertiary/aromatic N) is 1. The molecule has 0 fully saturated rings. The molecule has 1 heterocycles. The lowest BCUT2D eigenvalue weighted by atomic mass is 10.1. The van der Waals surface area contributed by atoms with E-state index in [1.54, 1.807) is 55.5 Å². The number of carboxylic acid groups (broad SMARTS) is 1. The van der Waals surface area contributed by atoms with Crippen molar-refractivity contribution >= 4 is 34.4 Å². The first kappa shape index (κ1) is 16.1. The highest BCUT2D eigenvalue weighted by atomic mass is 35.5. The van der Waals surface area contributed by atoms with Crippen molar-refractivity contribution in [1.82, 2.24) is 4.57 Å². The molecule has 0 amide bonds. The van der Waals surface area contributed by atoms with Gasteiger partial charge in [-0.1, -0.05) is 29.8 Å². The predicted molar refractivity (Wildman–Crippen MR) is 91.2 cm³/mol. The van der Waals surface area contributed by atoms with Gasteiger partial charge in [-0.2, -0.15) is 0 Å². The van der Waals surface area contributed by atoms with Crippen molar-refractivity contribution in [2.45, 2.75) is 6.92 Å². The third-order valence-corrected chi connectivity index (χ3v) is 4.00. The molecule has 122 valence electrons. The Labute approximate surface area is 143 Å². The molecule has 1 N–H and O–H groups in total. The summed E-state index contributed by atoms with van der Waals surface area (Å²) in [5.74, 6) is -0.889. The van der Waals surface area contributed by atoms with E-state index in [1.807, 2.05) is 0 Å². The van der Waals surface area contributed by atoms with E-state index >= 15 is 0 Å². The largest absolute Gasteiger partial charge is 0.484 e. The minimum atomic E-state index is -1.06. The number of para-hydroxylation sites is 1. The van der Waals surface area contributed by atoms with E-state index < -0.39 is 5.97 Å². The van der Waals surface area contributed by atoms with Crippen LogP contribution in [-0.4, -0.2) is 28.2 Å². The Kier molecular flexibility index (Phi) is 4.27. The van der Waals surface area contributed by atoms with Crippen molar-refractivity contribution < 1.29 is 19.4 Å². The second-order valence-electron chi connectivity index (χ2n) is 5.25. The second kappa shape index (κ2) is 6.37. The summed E-state index contributed by atoms with van der Waals surface area (Å²) in [5, 5.41) is 10.5. The monoisotopic (exact) mass is 343 g/mol. The number of carbonyl (C=O) groups is 2. The molecule has 0 bridgehead atoms. The van der Waals surface area contributed by atoms with Crippen molar-refractivity contribution in [3.05, 3.63) is 64.8 Å². The number of halogens is 1. The smallest absolute Gasteiger partial charge is 0.338 e. The quantitative estimate of drug-likeness (QED) is 0.776. The van der Waals surface area contributed by atoms with E-state index in [1.165, 1.54) is 4.57 Å². The number of rotatable bonds is 4. The highest BCUT2D eigenvalue weighted by Gasteiger charge is 2.22. The maximum absolute atomic E-state index is 12.6. The summed E-state index contributed by atoms with van der Waals surface area (Å²) < 4.78 is 6.86. The fourth-order valence-electron chi connectivity index (χ4n) is 2.70. The van der Waals surface area contributed by atoms with Gasteiger partial charge in [-0.15, -0.1) is 0 Å². The third-order valence-electron chi connectivity index (χ3n) is 3.75. The van der Waals surface area contributed by atoms with Crippen LogP contribution in [0.1, 0.15) is 20.8 Å². The second-order valence-corrected chi connectivity index (χ2v) is 5.69. The summed E-state index contributed by atoms with van der Waals surface area (Å²) in [6, 6.07) is 13.6. The van der Waals surface area contributed by atoms with Gasteiger partial charge in [0, 0.05) is 16.1 Å². The van der Waals surface area contributed by atoms with Gasteiger partial charge in [-0.05, 0) is 37.3 Å². The lowest BCUT2D eigenvalue weighted by Crippen LogP contribution is -2.20. The molecule has 0 saturated carbocycles. The molecule has 0 saturated heterocycles. The van der Waals surface area contributed by atoms with Crippen molar-refractivity contribution in [2.24, 2.45) is 0 Å². The van der Waals surface area contributed by atoms with Crippen molar-refractivity contribution in [3.8, 4) is 5.75 Å². The maximum atomic E-state index is 12.6. The Morgan fingerprint density at radius 3 is 2.46 bits per heavy atom. The van der Waals surface area contributed by atoms with Gasteiger partial charge in [-0.3, -0.25) is 9.36 Å². The van der Waals surface area contributed by atoms with Gasteiger partial charge < -0.3 is 9.84 Å². The van der Waals surface area contributed by atoms with Crippen LogP contribution in [0.3, 0.4) is 0 Å². The van der Waals surface area contributed by atoms with Crippen LogP contribution in [0.25, 0.3) is 10.9 Å². The van der Waals surface area contributed by atoms with Crippen LogP contribution in [0.5, 0.6) is 5.75 Å². The van der Waals surface area contributed by atoms with E-state index in [4.69, 9.17) is 16.3 Å². The number of hydrogen-bond donors (Lipinski definition) is 1. The Bertz CT molecular complexity index is 928.